The predicted molar refractivity (Wildman–Crippen MR) is 114 cm³/mol. The number of aromatic hydroxyl groups is 1. The fourth-order valence-corrected chi connectivity index (χ4v) is 3.93. The lowest BCUT2D eigenvalue weighted by Gasteiger charge is -2.21. The third-order valence-electron chi connectivity index (χ3n) is 5.55. The van der Waals surface area contributed by atoms with Crippen LogP contribution in [0.25, 0.3) is 0 Å². The summed E-state index contributed by atoms with van der Waals surface area (Å²) < 4.78 is 0. The minimum atomic E-state index is -0.121. The van der Waals surface area contributed by atoms with Crippen LogP contribution in [0.1, 0.15) is 61.3 Å². The van der Waals surface area contributed by atoms with Crippen LogP contribution >= 0.6 is 0 Å². The summed E-state index contributed by atoms with van der Waals surface area (Å²) >= 11 is 0. The van der Waals surface area contributed by atoms with Crippen LogP contribution in [0.15, 0.2) is 78.9 Å². The Morgan fingerprint density at radius 2 is 1.21 bits per heavy atom. The Balaban J connectivity index is 1.69. The van der Waals surface area contributed by atoms with Crippen molar-refractivity contribution in [2.45, 2.75) is 44.4 Å². The molecular weight excluding hydrogens is 344 g/mol. The fourth-order valence-electron chi connectivity index (χ4n) is 3.93. The van der Waals surface area contributed by atoms with E-state index in [0.29, 0.717) is 5.75 Å². The van der Waals surface area contributed by atoms with E-state index in [4.69, 9.17) is 0 Å². The summed E-state index contributed by atoms with van der Waals surface area (Å²) in [6.07, 6.45) is -0.121. The van der Waals surface area contributed by atoms with Gasteiger partial charge in [0.25, 0.3) is 0 Å². The van der Waals surface area contributed by atoms with Crippen molar-refractivity contribution in [1.82, 2.24) is 10.6 Å². The van der Waals surface area contributed by atoms with Crippen LogP contribution in [0, 0.1) is 0 Å². The highest BCUT2D eigenvalue weighted by Gasteiger charge is 2.36. The summed E-state index contributed by atoms with van der Waals surface area (Å²) in [5.41, 5.74) is 4.48. The second-order valence-electron chi connectivity index (χ2n) is 8.57. The zero-order chi connectivity index (χ0) is 19.7. The van der Waals surface area contributed by atoms with Crippen molar-refractivity contribution >= 4 is 0 Å². The van der Waals surface area contributed by atoms with Crippen LogP contribution < -0.4 is 10.6 Å². The number of nitrogens with one attached hydrogen (secondary N) is 2. The van der Waals surface area contributed by atoms with Crippen molar-refractivity contribution in [3.63, 3.8) is 0 Å². The van der Waals surface area contributed by atoms with Gasteiger partial charge in [-0.05, 0) is 28.2 Å². The first-order chi connectivity index (χ1) is 13.4. The molecule has 0 saturated carbocycles. The molecule has 1 aliphatic heterocycles. The Labute approximate surface area is 167 Å². The number of phenolic OH excluding ortho intramolecular Hbond substituents is 1. The second-order valence-corrected chi connectivity index (χ2v) is 8.57. The maximum atomic E-state index is 10.7. The van der Waals surface area contributed by atoms with Gasteiger partial charge in [0.1, 0.15) is 5.75 Å². The molecule has 0 aromatic heterocycles. The topological polar surface area (TPSA) is 44.3 Å². The molecule has 3 aromatic rings. The first-order valence-electron chi connectivity index (χ1n) is 9.89. The summed E-state index contributed by atoms with van der Waals surface area (Å²) in [5.74, 6) is 0.331. The Morgan fingerprint density at radius 1 is 0.714 bits per heavy atom. The van der Waals surface area contributed by atoms with Gasteiger partial charge in [0.05, 0.1) is 18.2 Å². The van der Waals surface area contributed by atoms with Crippen LogP contribution in [0.5, 0.6) is 5.75 Å². The smallest absolute Gasteiger partial charge is 0.121 e. The molecule has 1 aliphatic rings. The van der Waals surface area contributed by atoms with E-state index in [1.165, 1.54) is 11.1 Å². The van der Waals surface area contributed by atoms with Crippen molar-refractivity contribution < 1.29 is 5.11 Å². The molecule has 0 unspecified atom stereocenters. The summed E-state index contributed by atoms with van der Waals surface area (Å²) in [6.45, 7) is 6.47. The van der Waals surface area contributed by atoms with Crippen molar-refractivity contribution in [2.75, 3.05) is 0 Å². The van der Waals surface area contributed by atoms with E-state index in [1.807, 2.05) is 24.3 Å². The van der Waals surface area contributed by atoms with Crippen molar-refractivity contribution in [2.24, 2.45) is 0 Å². The number of phenols is 1. The maximum Gasteiger partial charge on any atom is 0.121 e. The number of benzene rings is 3. The zero-order valence-corrected chi connectivity index (χ0v) is 16.7. The molecule has 0 radical (unpaired) electrons. The minimum absolute atomic E-state index is 0.00565. The largest absolute Gasteiger partial charge is 0.508 e. The summed E-state index contributed by atoms with van der Waals surface area (Å²) in [7, 11) is 0. The normalized spacial score (nSPS) is 20.4. The van der Waals surface area contributed by atoms with Crippen molar-refractivity contribution in [3.8, 4) is 5.75 Å². The molecule has 0 amide bonds. The highest BCUT2D eigenvalue weighted by Crippen LogP contribution is 2.40. The highest BCUT2D eigenvalue weighted by molar-refractivity contribution is 5.42. The fraction of sp³-hybridized carbons (Fsp3) is 0.280. The lowest BCUT2D eigenvalue weighted by molar-refractivity contribution is 0.443. The van der Waals surface area contributed by atoms with Gasteiger partial charge in [-0.2, -0.15) is 0 Å². The molecule has 1 saturated heterocycles. The average molecular weight is 373 g/mol. The van der Waals surface area contributed by atoms with Gasteiger partial charge in [-0.15, -0.1) is 0 Å². The molecule has 3 aromatic carbocycles. The SMILES string of the molecule is CC(C)(C)c1ccc(C2N[C@H](c3ccccc3)[C@@H](c3ccccc3)N2)c(O)c1. The lowest BCUT2D eigenvalue weighted by atomic mass is 9.86. The van der Waals surface area contributed by atoms with E-state index in [2.05, 4.69) is 86.0 Å². The van der Waals surface area contributed by atoms with Gasteiger partial charge in [-0.3, -0.25) is 10.6 Å². The molecule has 3 N–H and O–H groups in total. The van der Waals surface area contributed by atoms with Crippen LogP contribution in [0.3, 0.4) is 0 Å². The summed E-state index contributed by atoms with van der Waals surface area (Å²) in [4.78, 5) is 0. The number of hydrogen-bond acceptors (Lipinski definition) is 3. The molecule has 28 heavy (non-hydrogen) atoms. The molecule has 0 aliphatic carbocycles. The van der Waals surface area contributed by atoms with Crippen LogP contribution in [-0.2, 0) is 5.41 Å². The molecule has 4 rings (SSSR count). The number of rotatable bonds is 3. The van der Waals surface area contributed by atoms with Gasteiger partial charge < -0.3 is 5.11 Å². The number of hydrogen-bond donors (Lipinski definition) is 3. The lowest BCUT2D eigenvalue weighted by Crippen LogP contribution is -2.23. The predicted octanol–water partition coefficient (Wildman–Crippen LogP) is 5.36. The Kier molecular flexibility index (Phi) is 4.96. The van der Waals surface area contributed by atoms with Crippen molar-refractivity contribution in [1.29, 1.82) is 0 Å². The van der Waals surface area contributed by atoms with E-state index in [-0.39, 0.29) is 23.7 Å². The van der Waals surface area contributed by atoms with E-state index in [1.54, 1.807) is 0 Å². The van der Waals surface area contributed by atoms with E-state index < -0.39 is 0 Å². The molecule has 3 heteroatoms. The third-order valence-corrected chi connectivity index (χ3v) is 5.55. The van der Waals surface area contributed by atoms with Gasteiger partial charge in [0.15, 0.2) is 0 Å². The molecular formula is C25H28N2O. The van der Waals surface area contributed by atoms with Gasteiger partial charge in [0, 0.05) is 5.56 Å². The summed E-state index contributed by atoms with van der Waals surface area (Å²) in [5, 5.41) is 18.1. The first-order valence-corrected chi connectivity index (χ1v) is 9.89. The minimum Gasteiger partial charge on any atom is -0.508 e. The monoisotopic (exact) mass is 372 g/mol. The standard InChI is InChI=1S/C25H28N2O/c1-25(2,3)19-14-15-20(21(28)16-19)24-26-22(17-10-6-4-7-11-17)23(27-24)18-12-8-5-9-13-18/h4-16,22-24,26-28H,1-3H3/t22-,23-/m1/s1. The van der Waals surface area contributed by atoms with Crippen LogP contribution in [0.2, 0.25) is 0 Å². The molecule has 0 spiro atoms. The van der Waals surface area contributed by atoms with E-state index in [0.717, 1.165) is 11.1 Å². The van der Waals surface area contributed by atoms with Crippen LogP contribution in [0.4, 0.5) is 0 Å². The Morgan fingerprint density at radius 3 is 1.64 bits per heavy atom. The molecule has 1 heterocycles. The van der Waals surface area contributed by atoms with Gasteiger partial charge in [0.2, 0.25) is 0 Å². The maximum absolute atomic E-state index is 10.7. The molecule has 0 bridgehead atoms. The molecule has 1 fully saturated rings. The van der Waals surface area contributed by atoms with Crippen LogP contribution in [-0.4, -0.2) is 5.11 Å². The van der Waals surface area contributed by atoms with E-state index in [9.17, 15) is 5.11 Å². The van der Waals surface area contributed by atoms with Gasteiger partial charge in [-0.25, -0.2) is 0 Å². The molecule has 2 atom stereocenters. The van der Waals surface area contributed by atoms with Crippen molar-refractivity contribution in [3.05, 3.63) is 101 Å². The average Bonchev–Trinajstić information content (AvgIpc) is 3.14. The quantitative estimate of drug-likeness (QED) is 0.580. The Bertz CT molecular complexity index is 884. The molecule has 3 nitrogen and oxygen atoms in total. The van der Waals surface area contributed by atoms with E-state index >= 15 is 0 Å². The Hall–Kier alpha value is -2.62. The van der Waals surface area contributed by atoms with Gasteiger partial charge >= 0.3 is 0 Å². The van der Waals surface area contributed by atoms with Gasteiger partial charge in [-0.1, -0.05) is 93.6 Å². The third kappa shape index (κ3) is 3.68. The highest BCUT2D eigenvalue weighted by atomic mass is 16.3. The first kappa shape index (κ1) is 18.7. The molecule has 144 valence electrons. The summed E-state index contributed by atoms with van der Waals surface area (Å²) in [6, 6.07) is 27.3. The zero-order valence-electron chi connectivity index (χ0n) is 16.7. The second kappa shape index (κ2) is 7.42.